The van der Waals surface area contributed by atoms with Gasteiger partial charge in [0, 0.05) is 9.86 Å². The first-order chi connectivity index (χ1) is 14.0. The van der Waals surface area contributed by atoms with E-state index in [4.69, 9.17) is 13.9 Å². The van der Waals surface area contributed by atoms with Crippen molar-refractivity contribution in [3.05, 3.63) is 62.7 Å². The van der Waals surface area contributed by atoms with Gasteiger partial charge in [-0.2, -0.15) is 5.10 Å². The maximum absolute atomic E-state index is 12.2. The molecule has 2 aromatic carbocycles. The molecule has 150 valence electrons. The van der Waals surface area contributed by atoms with E-state index in [1.54, 1.807) is 37.3 Å². The van der Waals surface area contributed by atoms with Crippen LogP contribution in [-0.4, -0.2) is 31.3 Å². The molecule has 0 radical (unpaired) electrons. The van der Waals surface area contributed by atoms with Crippen molar-refractivity contribution in [3.63, 3.8) is 0 Å². The summed E-state index contributed by atoms with van der Waals surface area (Å²) in [4.78, 5) is 23.6. The standard InChI is InChI=1S/C20H16Br2N2O5/c1-2-27-19(25)11-28-17-5-3-12(7-15(17)22)10-23-24-20(26)18-9-13-8-14(21)4-6-16(13)29-18/h3-10H,2,11H2,1H3,(H,24,26)/b23-10+. The van der Waals surface area contributed by atoms with Crippen LogP contribution in [0.2, 0.25) is 0 Å². The minimum absolute atomic E-state index is 0.166. The summed E-state index contributed by atoms with van der Waals surface area (Å²) in [7, 11) is 0. The highest BCUT2D eigenvalue weighted by molar-refractivity contribution is 9.10. The maximum atomic E-state index is 12.2. The average molecular weight is 524 g/mol. The molecule has 0 bridgehead atoms. The molecule has 9 heteroatoms. The highest BCUT2D eigenvalue weighted by Crippen LogP contribution is 2.26. The monoisotopic (exact) mass is 522 g/mol. The van der Waals surface area contributed by atoms with Gasteiger partial charge in [-0.05, 0) is 70.9 Å². The second-order valence-electron chi connectivity index (χ2n) is 5.78. The second kappa shape index (κ2) is 9.71. The number of halogens is 2. The number of nitrogens with one attached hydrogen (secondary N) is 1. The number of amides is 1. The van der Waals surface area contributed by atoms with Crippen LogP contribution < -0.4 is 10.2 Å². The van der Waals surface area contributed by atoms with Gasteiger partial charge in [0.1, 0.15) is 11.3 Å². The highest BCUT2D eigenvalue weighted by Gasteiger charge is 2.12. The van der Waals surface area contributed by atoms with Crippen LogP contribution in [0.15, 0.2) is 60.9 Å². The lowest BCUT2D eigenvalue weighted by Crippen LogP contribution is -2.16. The molecule has 1 aromatic heterocycles. The van der Waals surface area contributed by atoms with Crippen LogP contribution in [0.1, 0.15) is 23.0 Å². The van der Waals surface area contributed by atoms with Crippen LogP contribution in [-0.2, 0) is 9.53 Å². The summed E-state index contributed by atoms with van der Waals surface area (Å²) in [5.74, 6) is -0.237. The Morgan fingerprint density at radius 2 is 2.00 bits per heavy atom. The van der Waals surface area contributed by atoms with Gasteiger partial charge < -0.3 is 13.9 Å². The zero-order valence-corrected chi connectivity index (χ0v) is 18.4. The summed E-state index contributed by atoms with van der Waals surface area (Å²) in [6, 6.07) is 12.3. The Kier molecular flexibility index (Phi) is 7.05. The summed E-state index contributed by atoms with van der Waals surface area (Å²) in [5.41, 5.74) is 3.76. The Morgan fingerprint density at radius 1 is 1.17 bits per heavy atom. The molecule has 0 fully saturated rings. The van der Waals surface area contributed by atoms with Gasteiger partial charge in [0.25, 0.3) is 0 Å². The molecule has 0 saturated carbocycles. The van der Waals surface area contributed by atoms with Gasteiger partial charge in [-0.3, -0.25) is 4.79 Å². The minimum Gasteiger partial charge on any atom is -0.481 e. The molecule has 0 aliphatic carbocycles. The van der Waals surface area contributed by atoms with Crippen molar-refractivity contribution < 1.29 is 23.5 Å². The van der Waals surface area contributed by atoms with Crippen LogP contribution in [0.4, 0.5) is 0 Å². The van der Waals surface area contributed by atoms with Gasteiger partial charge in [-0.25, -0.2) is 10.2 Å². The lowest BCUT2D eigenvalue weighted by molar-refractivity contribution is -0.145. The van der Waals surface area contributed by atoms with Crippen LogP contribution >= 0.6 is 31.9 Å². The second-order valence-corrected chi connectivity index (χ2v) is 7.55. The molecular formula is C20H16Br2N2O5. The minimum atomic E-state index is -0.456. The highest BCUT2D eigenvalue weighted by atomic mass is 79.9. The van der Waals surface area contributed by atoms with Crippen molar-refractivity contribution in [1.29, 1.82) is 0 Å². The Bertz CT molecular complexity index is 1080. The number of hydrogen-bond acceptors (Lipinski definition) is 6. The smallest absolute Gasteiger partial charge is 0.344 e. The number of hydrogen-bond donors (Lipinski definition) is 1. The van der Waals surface area contributed by atoms with Crippen molar-refractivity contribution in [3.8, 4) is 5.75 Å². The predicted octanol–water partition coefficient (Wildman–Crippen LogP) is 4.66. The zero-order chi connectivity index (χ0) is 20.8. The van der Waals surface area contributed by atoms with E-state index in [1.165, 1.54) is 6.21 Å². The van der Waals surface area contributed by atoms with E-state index in [-0.39, 0.29) is 12.4 Å². The van der Waals surface area contributed by atoms with Crippen LogP contribution in [0.25, 0.3) is 11.0 Å². The predicted molar refractivity (Wildman–Crippen MR) is 115 cm³/mol. The van der Waals surface area contributed by atoms with Crippen LogP contribution in [0, 0.1) is 0 Å². The van der Waals surface area contributed by atoms with E-state index in [0.717, 1.165) is 9.86 Å². The molecule has 1 amide bonds. The Morgan fingerprint density at radius 3 is 2.76 bits per heavy atom. The lowest BCUT2D eigenvalue weighted by Gasteiger charge is -2.08. The molecule has 1 N–H and O–H groups in total. The molecule has 29 heavy (non-hydrogen) atoms. The fourth-order valence-electron chi connectivity index (χ4n) is 2.40. The van der Waals surface area contributed by atoms with Crippen molar-refractivity contribution in [1.82, 2.24) is 5.43 Å². The third kappa shape index (κ3) is 5.68. The summed E-state index contributed by atoms with van der Waals surface area (Å²) < 4.78 is 17.3. The first-order valence-electron chi connectivity index (χ1n) is 8.56. The van der Waals surface area contributed by atoms with Gasteiger partial charge in [-0.1, -0.05) is 15.9 Å². The first kappa shape index (κ1) is 21.1. The molecule has 0 unspecified atom stereocenters. The Hall–Kier alpha value is -2.65. The van der Waals surface area contributed by atoms with Crippen LogP contribution in [0.5, 0.6) is 5.75 Å². The SMILES string of the molecule is CCOC(=O)COc1ccc(/C=N/NC(=O)c2cc3cc(Br)ccc3o2)cc1Br. The normalized spacial score (nSPS) is 11.0. The summed E-state index contributed by atoms with van der Waals surface area (Å²) in [6.07, 6.45) is 1.48. The summed E-state index contributed by atoms with van der Waals surface area (Å²) in [5, 5.41) is 4.76. The molecule has 0 saturated heterocycles. The number of esters is 1. The molecule has 3 rings (SSSR count). The fraction of sp³-hybridized carbons (Fsp3) is 0.150. The zero-order valence-electron chi connectivity index (χ0n) is 15.3. The van der Waals surface area contributed by atoms with E-state index < -0.39 is 11.9 Å². The number of carbonyl (C=O) groups is 2. The molecule has 0 aliphatic heterocycles. The number of carbonyl (C=O) groups excluding carboxylic acids is 2. The number of nitrogens with zero attached hydrogens (tertiary/aromatic N) is 1. The van der Waals surface area contributed by atoms with Gasteiger partial charge in [0.05, 0.1) is 17.3 Å². The first-order valence-corrected chi connectivity index (χ1v) is 10.2. The van der Waals surface area contributed by atoms with Crippen LogP contribution in [0.3, 0.4) is 0 Å². The molecule has 0 spiro atoms. The number of fused-ring (bicyclic) bond motifs is 1. The molecule has 3 aromatic rings. The number of rotatable bonds is 7. The molecular weight excluding hydrogens is 508 g/mol. The third-order valence-corrected chi connectivity index (χ3v) is 4.80. The largest absolute Gasteiger partial charge is 0.481 e. The van der Waals surface area contributed by atoms with E-state index in [2.05, 4.69) is 42.4 Å². The van der Waals surface area contributed by atoms with Crippen molar-refractivity contribution in [2.24, 2.45) is 5.10 Å². The fourth-order valence-corrected chi connectivity index (χ4v) is 3.29. The van der Waals surface area contributed by atoms with Crippen molar-refractivity contribution >= 4 is 60.9 Å². The summed E-state index contributed by atoms with van der Waals surface area (Å²) >= 11 is 6.75. The topological polar surface area (TPSA) is 90.1 Å². The van der Waals surface area contributed by atoms with E-state index in [9.17, 15) is 9.59 Å². The number of benzene rings is 2. The van der Waals surface area contributed by atoms with Gasteiger partial charge in [0.15, 0.2) is 12.4 Å². The van der Waals surface area contributed by atoms with Gasteiger partial charge in [0.2, 0.25) is 0 Å². The number of ether oxygens (including phenoxy) is 2. The van der Waals surface area contributed by atoms with E-state index in [1.807, 2.05) is 12.1 Å². The summed E-state index contributed by atoms with van der Waals surface area (Å²) in [6.45, 7) is 1.86. The Labute approximate surface area is 183 Å². The van der Waals surface area contributed by atoms with E-state index >= 15 is 0 Å². The van der Waals surface area contributed by atoms with Gasteiger partial charge >= 0.3 is 11.9 Å². The quantitative estimate of drug-likeness (QED) is 0.276. The van der Waals surface area contributed by atoms with Crippen molar-refractivity contribution in [2.75, 3.05) is 13.2 Å². The third-order valence-electron chi connectivity index (χ3n) is 3.69. The lowest BCUT2D eigenvalue weighted by atomic mass is 10.2. The molecule has 7 nitrogen and oxygen atoms in total. The number of furan rings is 1. The Balaban J connectivity index is 1.59. The molecule has 0 atom stereocenters. The van der Waals surface area contributed by atoms with Crippen molar-refractivity contribution in [2.45, 2.75) is 6.92 Å². The maximum Gasteiger partial charge on any atom is 0.344 e. The number of hydrazone groups is 1. The average Bonchev–Trinajstić information content (AvgIpc) is 3.11. The van der Waals surface area contributed by atoms with Gasteiger partial charge in [-0.15, -0.1) is 0 Å². The van der Waals surface area contributed by atoms with E-state index in [0.29, 0.717) is 28.0 Å². The molecule has 0 aliphatic rings. The molecule has 1 heterocycles.